The lowest BCUT2D eigenvalue weighted by molar-refractivity contribution is 0.324. The minimum Gasteiger partial charge on any atom is -0.504 e. The molecule has 0 atom stereocenters. The second-order valence-corrected chi connectivity index (χ2v) is 6.00. The van der Waals surface area contributed by atoms with Crippen LogP contribution in [0.5, 0.6) is 28.7 Å². The summed E-state index contributed by atoms with van der Waals surface area (Å²) < 4.78 is 22.1. The summed E-state index contributed by atoms with van der Waals surface area (Å²) >= 11 is 2.16. The molecule has 0 saturated carbocycles. The highest BCUT2D eigenvalue weighted by molar-refractivity contribution is 14.1. The average Bonchev–Trinajstić information content (AvgIpc) is 2.59. The highest BCUT2D eigenvalue weighted by atomic mass is 127. The highest BCUT2D eigenvalue weighted by Gasteiger charge is 2.12. The minimum atomic E-state index is 0.117. The molecule has 24 heavy (non-hydrogen) atoms. The molecule has 2 aromatic rings. The van der Waals surface area contributed by atoms with E-state index in [1.54, 1.807) is 33.5 Å². The van der Waals surface area contributed by atoms with Gasteiger partial charge in [0, 0.05) is 3.57 Å². The van der Waals surface area contributed by atoms with Crippen molar-refractivity contribution in [3.05, 3.63) is 39.0 Å². The van der Waals surface area contributed by atoms with Crippen molar-refractivity contribution < 1.29 is 24.1 Å². The van der Waals surface area contributed by atoms with Crippen LogP contribution in [0.1, 0.15) is 11.1 Å². The van der Waals surface area contributed by atoms with Crippen molar-refractivity contribution in [2.24, 2.45) is 0 Å². The summed E-state index contributed by atoms with van der Waals surface area (Å²) in [5.74, 6) is 2.29. The molecular weight excluding hydrogens is 423 g/mol. The van der Waals surface area contributed by atoms with Gasteiger partial charge in [0.25, 0.3) is 0 Å². The van der Waals surface area contributed by atoms with Gasteiger partial charge >= 0.3 is 0 Å². The molecule has 5 nitrogen and oxygen atoms in total. The summed E-state index contributed by atoms with van der Waals surface area (Å²) in [6, 6.07) is 7.17. The van der Waals surface area contributed by atoms with Crippen molar-refractivity contribution in [2.75, 3.05) is 28.4 Å². The summed E-state index contributed by atoms with van der Waals surface area (Å²) in [4.78, 5) is 0. The first-order chi connectivity index (χ1) is 11.5. The predicted molar refractivity (Wildman–Crippen MR) is 102 cm³/mol. The summed E-state index contributed by atoms with van der Waals surface area (Å²) in [6.45, 7) is 0. The molecule has 6 heteroatoms. The molecule has 0 aliphatic rings. The lowest BCUT2D eigenvalue weighted by Crippen LogP contribution is -1.95. The molecule has 0 aliphatic heterocycles. The third kappa shape index (κ3) is 3.87. The number of phenols is 1. The SMILES string of the molecule is COc1cc(C=Cc2cc(OC)c(OC)c(OC)c2)c(I)cc1O. The molecule has 0 spiro atoms. The van der Waals surface area contributed by atoms with Crippen molar-refractivity contribution in [2.45, 2.75) is 0 Å². The zero-order valence-corrected chi connectivity index (χ0v) is 16.1. The molecule has 0 aliphatic carbocycles. The first-order valence-electron chi connectivity index (χ1n) is 7.08. The first-order valence-corrected chi connectivity index (χ1v) is 8.16. The Morgan fingerprint density at radius 3 is 1.88 bits per heavy atom. The quantitative estimate of drug-likeness (QED) is 0.537. The van der Waals surface area contributed by atoms with E-state index >= 15 is 0 Å². The molecule has 0 fully saturated rings. The van der Waals surface area contributed by atoms with E-state index in [2.05, 4.69) is 22.6 Å². The van der Waals surface area contributed by atoms with E-state index in [1.807, 2.05) is 24.3 Å². The van der Waals surface area contributed by atoms with Crippen LogP contribution in [0.15, 0.2) is 24.3 Å². The third-order valence-corrected chi connectivity index (χ3v) is 4.37. The fourth-order valence-electron chi connectivity index (χ4n) is 2.23. The molecule has 0 amide bonds. The molecule has 1 N–H and O–H groups in total. The number of benzene rings is 2. The fraction of sp³-hybridized carbons (Fsp3) is 0.222. The highest BCUT2D eigenvalue weighted by Crippen LogP contribution is 2.39. The first kappa shape index (κ1) is 18.3. The second kappa shape index (κ2) is 8.14. The van der Waals surface area contributed by atoms with Gasteiger partial charge in [0.15, 0.2) is 23.0 Å². The third-order valence-electron chi connectivity index (χ3n) is 3.44. The van der Waals surface area contributed by atoms with Gasteiger partial charge in [-0.25, -0.2) is 0 Å². The van der Waals surface area contributed by atoms with Crippen molar-refractivity contribution in [1.82, 2.24) is 0 Å². The van der Waals surface area contributed by atoms with Gasteiger partial charge in [0.05, 0.1) is 28.4 Å². The van der Waals surface area contributed by atoms with Gasteiger partial charge in [-0.3, -0.25) is 0 Å². The second-order valence-electron chi connectivity index (χ2n) is 4.84. The van der Waals surface area contributed by atoms with E-state index in [-0.39, 0.29) is 5.75 Å². The van der Waals surface area contributed by atoms with Crippen LogP contribution in [-0.4, -0.2) is 33.5 Å². The smallest absolute Gasteiger partial charge is 0.203 e. The Bertz CT molecular complexity index is 730. The average molecular weight is 442 g/mol. The van der Waals surface area contributed by atoms with Crippen LogP contribution < -0.4 is 18.9 Å². The van der Waals surface area contributed by atoms with Crippen molar-refractivity contribution in [1.29, 1.82) is 0 Å². The molecule has 2 aromatic carbocycles. The van der Waals surface area contributed by atoms with E-state index in [9.17, 15) is 5.11 Å². The van der Waals surface area contributed by atoms with Crippen LogP contribution in [0.4, 0.5) is 0 Å². The van der Waals surface area contributed by atoms with Gasteiger partial charge in [-0.15, -0.1) is 0 Å². The Morgan fingerprint density at radius 1 is 0.792 bits per heavy atom. The number of halogens is 1. The van der Waals surface area contributed by atoms with Crippen LogP contribution in [0.25, 0.3) is 12.2 Å². The Hall–Kier alpha value is -2.09. The van der Waals surface area contributed by atoms with Gasteiger partial charge in [-0.05, 0) is 58.0 Å². The van der Waals surface area contributed by atoms with Gasteiger partial charge in [0.2, 0.25) is 5.75 Å². The normalized spacial score (nSPS) is 10.7. The van der Waals surface area contributed by atoms with Crippen LogP contribution >= 0.6 is 22.6 Å². The van der Waals surface area contributed by atoms with Crippen molar-refractivity contribution >= 4 is 34.7 Å². The molecule has 0 unspecified atom stereocenters. The number of rotatable bonds is 6. The van der Waals surface area contributed by atoms with E-state index < -0.39 is 0 Å². The zero-order valence-electron chi connectivity index (χ0n) is 13.9. The number of hydrogen-bond donors (Lipinski definition) is 1. The number of hydrogen-bond acceptors (Lipinski definition) is 5. The Morgan fingerprint density at radius 2 is 1.38 bits per heavy atom. The van der Waals surface area contributed by atoms with Gasteiger partial charge in [-0.1, -0.05) is 12.2 Å². The van der Waals surface area contributed by atoms with Crippen molar-refractivity contribution in [3.63, 3.8) is 0 Å². The minimum absolute atomic E-state index is 0.117. The van der Waals surface area contributed by atoms with Crippen molar-refractivity contribution in [3.8, 4) is 28.7 Å². The fourth-order valence-corrected chi connectivity index (χ4v) is 2.86. The number of phenolic OH excluding ortho intramolecular Hbond substituents is 1. The molecule has 0 saturated heterocycles. The monoisotopic (exact) mass is 442 g/mol. The van der Waals surface area contributed by atoms with E-state index in [1.165, 1.54) is 7.11 Å². The molecule has 2 rings (SSSR count). The Balaban J connectivity index is 2.42. The lowest BCUT2D eigenvalue weighted by atomic mass is 10.1. The van der Waals surface area contributed by atoms with E-state index in [0.717, 1.165) is 14.7 Å². The van der Waals surface area contributed by atoms with Crippen LogP contribution in [0, 0.1) is 3.57 Å². The van der Waals surface area contributed by atoms with Crippen LogP contribution in [-0.2, 0) is 0 Å². The molecule has 0 heterocycles. The zero-order chi connectivity index (χ0) is 17.7. The summed E-state index contributed by atoms with van der Waals surface area (Å²) in [6.07, 6.45) is 3.86. The van der Waals surface area contributed by atoms with Gasteiger partial charge in [0.1, 0.15) is 0 Å². The molecule has 128 valence electrons. The molecule has 0 radical (unpaired) electrons. The Labute approximate surface area is 154 Å². The summed E-state index contributed by atoms with van der Waals surface area (Å²) in [5, 5.41) is 9.79. The van der Waals surface area contributed by atoms with Crippen LogP contribution in [0.3, 0.4) is 0 Å². The maximum Gasteiger partial charge on any atom is 0.203 e. The maximum absolute atomic E-state index is 9.79. The number of methoxy groups -OCH3 is 4. The standard InChI is InChI=1S/C18H19IO5/c1-21-15-9-12(13(19)10-14(15)20)6-5-11-7-16(22-2)18(24-4)17(8-11)23-3/h5-10,20H,1-4H3. The summed E-state index contributed by atoms with van der Waals surface area (Å²) in [7, 11) is 6.26. The van der Waals surface area contributed by atoms with Gasteiger partial charge < -0.3 is 24.1 Å². The molecule has 0 aromatic heterocycles. The largest absolute Gasteiger partial charge is 0.504 e. The number of aromatic hydroxyl groups is 1. The topological polar surface area (TPSA) is 57.2 Å². The van der Waals surface area contributed by atoms with Gasteiger partial charge in [-0.2, -0.15) is 0 Å². The van der Waals surface area contributed by atoms with E-state index in [4.69, 9.17) is 18.9 Å². The molecular formula is C18H19IO5. The van der Waals surface area contributed by atoms with Crippen LogP contribution in [0.2, 0.25) is 0 Å². The summed E-state index contributed by atoms with van der Waals surface area (Å²) in [5.41, 5.74) is 1.83. The van der Waals surface area contributed by atoms with E-state index in [0.29, 0.717) is 23.0 Å². The predicted octanol–water partition coefficient (Wildman–Crippen LogP) is 4.20. The Kier molecular flexibility index (Phi) is 6.19. The lowest BCUT2D eigenvalue weighted by Gasteiger charge is -2.13. The maximum atomic E-state index is 9.79. The molecule has 0 bridgehead atoms. The number of ether oxygens (including phenoxy) is 4.